The number of aromatic nitrogens is 2. The average molecular weight is 562 g/mol. The van der Waals surface area contributed by atoms with Gasteiger partial charge in [-0.05, 0) is 41.6 Å². The zero-order chi connectivity index (χ0) is 26.6. The number of benzene rings is 2. The topological polar surface area (TPSA) is 92.6 Å². The Hall–Kier alpha value is -3.73. The van der Waals surface area contributed by atoms with Crippen LogP contribution in [0, 0.1) is 6.92 Å². The molecule has 3 heterocycles. The first-order valence-corrected chi connectivity index (χ1v) is 14.3. The highest BCUT2D eigenvalue weighted by atomic mass is 32.2. The Morgan fingerprint density at radius 1 is 1.18 bits per heavy atom. The summed E-state index contributed by atoms with van der Waals surface area (Å²) >= 11 is 4.00. The molecule has 4 aromatic rings. The lowest BCUT2D eigenvalue weighted by Gasteiger charge is -2.24. The van der Waals surface area contributed by atoms with Crippen LogP contribution in [0.25, 0.3) is 0 Å². The second-order valence-corrected chi connectivity index (χ2v) is 11.6. The van der Waals surface area contributed by atoms with Gasteiger partial charge in [0.05, 0.1) is 16.5 Å². The summed E-state index contributed by atoms with van der Waals surface area (Å²) in [7, 11) is 0. The number of ether oxygens (including phenoxy) is 1. The predicted molar refractivity (Wildman–Crippen MR) is 151 cm³/mol. The largest absolute Gasteiger partial charge is 0.503 e. The number of thioether (sulfide) groups is 1. The molecular weight excluding hydrogens is 539 g/mol. The molecule has 1 atom stereocenters. The van der Waals surface area contributed by atoms with E-state index in [9.17, 15) is 14.7 Å². The zero-order valence-corrected chi connectivity index (χ0v) is 22.8. The van der Waals surface area contributed by atoms with Crippen molar-refractivity contribution in [3.8, 4) is 5.75 Å². The Morgan fingerprint density at radius 3 is 2.74 bits per heavy atom. The molecule has 192 valence electrons. The van der Waals surface area contributed by atoms with Crippen LogP contribution in [0.15, 0.2) is 94.4 Å². The van der Waals surface area contributed by atoms with Gasteiger partial charge in [-0.25, -0.2) is 0 Å². The highest BCUT2D eigenvalue weighted by Crippen LogP contribution is 2.44. The van der Waals surface area contributed by atoms with Gasteiger partial charge in [-0.3, -0.25) is 14.5 Å². The predicted octanol–water partition coefficient (Wildman–Crippen LogP) is 6.55. The van der Waals surface area contributed by atoms with Gasteiger partial charge in [-0.15, -0.1) is 21.5 Å². The molecule has 1 N–H and O–H groups in total. The van der Waals surface area contributed by atoms with Crippen molar-refractivity contribution in [2.24, 2.45) is 0 Å². The molecule has 1 unspecified atom stereocenters. The molecule has 2 aromatic carbocycles. The molecule has 2 aromatic heterocycles. The van der Waals surface area contributed by atoms with Gasteiger partial charge in [0.25, 0.3) is 5.91 Å². The number of hydrogen-bond donors (Lipinski definition) is 1. The summed E-state index contributed by atoms with van der Waals surface area (Å²) in [6.45, 7) is 6.02. The molecule has 0 aliphatic carbocycles. The normalized spacial score (nSPS) is 15.2. The average Bonchev–Trinajstić information content (AvgIpc) is 3.68. The number of Topliss-reactive ketones (excluding diaryl/α,β-unsaturated/α-hetero) is 1. The van der Waals surface area contributed by atoms with Gasteiger partial charge in [0.15, 0.2) is 10.1 Å². The van der Waals surface area contributed by atoms with Crippen molar-refractivity contribution in [2.75, 3.05) is 11.5 Å². The second-order valence-electron chi connectivity index (χ2n) is 8.44. The number of anilines is 1. The minimum atomic E-state index is -0.896. The first-order valence-electron chi connectivity index (χ1n) is 11.7. The molecule has 0 saturated heterocycles. The smallest absolute Gasteiger partial charge is 0.296 e. The maximum atomic E-state index is 13.5. The number of nitrogens with zero attached hydrogens (tertiary/aromatic N) is 3. The van der Waals surface area contributed by atoms with Gasteiger partial charge in [0.2, 0.25) is 10.9 Å². The fraction of sp³-hybridized carbons (Fsp3) is 0.143. The molecule has 5 rings (SSSR count). The van der Waals surface area contributed by atoms with Gasteiger partial charge >= 0.3 is 0 Å². The van der Waals surface area contributed by atoms with Crippen LogP contribution in [0.3, 0.4) is 0 Å². The number of thiophene rings is 1. The standard InChI is InChI=1S/C28H23N3O4S3/c1-3-13-35-20-7-4-6-19(15-20)23-22(24(32)21-8-5-14-36-21)25(33)26(34)31(23)27-29-30-28(38-27)37-16-18-11-9-17(2)10-12-18/h3-12,14-15,23,33H,1,13,16H2,2H3. The lowest BCUT2D eigenvalue weighted by atomic mass is 9.95. The van der Waals surface area contributed by atoms with Crippen molar-refractivity contribution < 1.29 is 19.4 Å². The maximum Gasteiger partial charge on any atom is 0.296 e. The highest BCUT2D eigenvalue weighted by molar-refractivity contribution is 8.00. The molecule has 0 spiro atoms. The molecule has 38 heavy (non-hydrogen) atoms. The zero-order valence-electron chi connectivity index (χ0n) is 20.4. The van der Waals surface area contributed by atoms with Gasteiger partial charge in [0.1, 0.15) is 12.4 Å². The maximum absolute atomic E-state index is 13.5. The Bertz CT molecular complexity index is 1510. The lowest BCUT2D eigenvalue weighted by molar-refractivity contribution is -0.117. The number of ketones is 1. The van der Waals surface area contributed by atoms with E-state index in [1.165, 1.54) is 44.9 Å². The Labute approximate surface area is 232 Å². The number of aliphatic hydroxyl groups is 1. The van der Waals surface area contributed by atoms with Crippen LogP contribution >= 0.6 is 34.4 Å². The number of amides is 1. The summed E-state index contributed by atoms with van der Waals surface area (Å²) in [6, 6.07) is 17.9. The van der Waals surface area contributed by atoms with Crippen LogP contribution in [0.2, 0.25) is 0 Å². The van der Waals surface area contributed by atoms with Gasteiger partial charge in [-0.2, -0.15) is 0 Å². The molecule has 1 aliphatic heterocycles. The van der Waals surface area contributed by atoms with Crippen molar-refractivity contribution in [2.45, 2.75) is 23.1 Å². The summed E-state index contributed by atoms with van der Waals surface area (Å²) in [4.78, 5) is 28.7. The monoisotopic (exact) mass is 561 g/mol. The van der Waals surface area contributed by atoms with Crippen LogP contribution in [0.5, 0.6) is 5.75 Å². The third-order valence-corrected chi connectivity index (χ3v) is 8.82. The van der Waals surface area contributed by atoms with Crippen LogP contribution in [-0.2, 0) is 10.5 Å². The van der Waals surface area contributed by atoms with E-state index in [0.29, 0.717) is 38.0 Å². The molecule has 0 fully saturated rings. The number of carbonyl (C=O) groups excluding carboxylic acids is 2. The van der Waals surface area contributed by atoms with E-state index in [-0.39, 0.29) is 5.57 Å². The van der Waals surface area contributed by atoms with Crippen LogP contribution < -0.4 is 9.64 Å². The molecule has 0 radical (unpaired) electrons. The van der Waals surface area contributed by atoms with E-state index in [1.54, 1.807) is 47.9 Å². The van der Waals surface area contributed by atoms with Gasteiger partial charge < -0.3 is 9.84 Å². The van der Waals surface area contributed by atoms with E-state index in [2.05, 4.69) is 41.0 Å². The molecule has 1 amide bonds. The van der Waals surface area contributed by atoms with E-state index in [1.807, 2.05) is 6.92 Å². The molecular formula is C28H23N3O4S3. The first kappa shape index (κ1) is 25.9. The van der Waals surface area contributed by atoms with E-state index < -0.39 is 23.5 Å². The summed E-state index contributed by atoms with van der Waals surface area (Å²) in [5.74, 6) is -0.445. The summed E-state index contributed by atoms with van der Waals surface area (Å²) < 4.78 is 6.37. The van der Waals surface area contributed by atoms with Crippen molar-refractivity contribution in [1.82, 2.24) is 10.2 Å². The van der Waals surface area contributed by atoms with Crippen LogP contribution in [-0.4, -0.2) is 33.6 Å². The number of aryl methyl sites for hydroxylation is 1. The van der Waals surface area contributed by atoms with Crippen LogP contribution in [0.4, 0.5) is 5.13 Å². The summed E-state index contributed by atoms with van der Waals surface area (Å²) in [5.41, 5.74) is 2.94. The molecule has 10 heteroatoms. The van der Waals surface area contributed by atoms with E-state index >= 15 is 0 Å². The molecule has 7 nitrogen and oxygen atoms in total. The minimum absolute atomic E-state index is 0.00220. The lowest BCUT2D eigenvalue weighted by Crippen LogP contribution is -2.31. The third-order valence-electron chi connectivity index (χ3n) is 5.82. The summed E-state index contributed by atoms with van der Waals surface area (Å²) in [5, 5.41) is 21.6. The van der Waals surface area contributed by atoms with Gasteiger partial charge in [0, 0.05) is 5.75 Å². The number of hydrogen-bond acceptors (Lipinski definition) is 9. The molecule has 1 aliphatic rings. The highest BCUT2D eigenvalue weighted by Gasteiger charge is 2.46. The van der Waals surface area contributed by atoms with E-state index in [4.69, 9.17) is 4.74 Å². The van der Waals surface area contributed by atoms with Crippen LogP contribution in [0.1, 0.15) is 32.4 Å². The fourth-order valence-electron chi connectivity index (χ4n) is 4.01. The van der Waals surface area contributed by atoms with Gasteiger partial charge in [-0.1, -0.05) is 83.8 Å². The molecule has 0 bridgehead atoms. The van der Waals surface area contributed by atoms with Crippen molar-refractivity contribution >= 4 is 51.3 Å². The Balaban J connectivity index is 1.49. The fourth-order valence-corrected chi connectivity index (χ4v) is 6.51. The van der Waals surface area contributed by atoms with Crippen molar-refractivity contribution in [3.05, 3.63) is 112 Å². The van der Waals surface area contributed by atoms with Crippen molar-refractivity contribution in [1.29, 1.82) is 0 Å². The first-order chi connectivity index (χ1) is 18.5. The summed E-state index contributed by atoms with van der Waals surface area (Å²) in [6.07, 6.45) is 1.63. The quantitative estimate of drug-likeness (QED) is 0.102. The van der Waals surface area contributed by atoms with Crippen molar-refractivity contribution in [3.63, 3.8) is 0 Å². The number of rotatable bonds is 10. The van der Waals surface area contributed by atoms with E-state index in [0.717, 1.165) is 5.56 Å². The minimum Gasteiger partial charge on any atom is -0.503 e. The number of aliphatic hydroxyl groups excluding tert-OH is 1. The SMILES string of the molecule is C=CCOc1cccc(C2C(C(=O)c3cccs3)=C(O)C(=O)N2c2nnc(SCc3ccc(C)cc3)s2)c1. The Kier molecular flexibility index (Phi) is 7.73. The third kappa shape index (κ3) is 5.28. The molecule has 0 saturated carbocycles. The Morgan fingerprint density at radius 2 is 2.00 bits per heavy atom. The second kappa shape index (κ2) is 11.3. The number of carbonyl (C=O) groups is 2.